The van der Waals surface area contributed by atoms with Gasteiger partial charge in [0.25, 0.3) is 0 Å². The van der Waals surface area contributed by atoms with E-state index in [1.54, 1.807) is 36.0 Å². The van der Waals surface area contributed by atoms with Crippen LogP contribution in [0, 0.1) is 0 Å². The van der Waals surface area contributed by atoms with Gasteiger partial charge in [-0.05, 0) is 60.2 Å². The molecule has 0 saturated heterocycles. The number of nitrogens with one attached hydrogen (secondary N) is 1. The number of esters is 1. The van der Waals surface area contributed by atoms with Crippen molar-refractivity contribution >= 4 is 52.2 Å². The molecule has 0 radical (unpaired) electrons. The number of carbonyl (C=O) groups is 2. The Morgan fingerprint density at radius 3 is 2.33 bits per heavy atom. The molecule has 6 nitrogen and oxygen atoms in total. The Kier molecular flexibility index (Phi) is 9.38. The Morgan fingerprint density at radius 1 is 0.822 bits per heavy atom. The fourth-order valence-corrected chi connectivity index (χ4v) is 6.57. The van der Waals surface area contributed by atoms with Gasteiger partial charge in [-0.25, -0.2) is 4.79 Å². The molecule has 0 saturated carbocycles. The molecule has 45 heavy (non-hydrogen) atoms. The smallest absolute Gasteiger partial charge is 0.328 e. The van der Waals surface area contributed by atoms with Crippen molar-refractivity contribution in [3.8, 4) is 5.75 Å². The first-order valence-corrected chi connectivity index (χ1v) is 15.8. The zero-order valence-corrected chi connectivity index (χ0v) is 26.2. The molecule has 226 valence electrons. The number of halogens is 1. The van der Waals surface area contributed by atoms with Crippen molar-refractivity contribution < 1.29 is 19.1 Å². The summed E-state index contributed by atoms with van der Waals surface area (Å²) < 4.78 is 11.3. The average Bonchev–Trinajstić information content (AvgIpc) is 3.08. The highest BCUT2D eigenvalue weighted by Crippen LogP contribution is 2.48. The lowest BCUT2D eigenvalue weighted by Gasteiger charge is -2.32. The SMILES string of the molecule is COC(=O)C(Cc1ccc(OCCN2c3ccccc3Sc3ccc(Cl)cc32)cc1)Nc1ccccc1C(=O)c1ccccc1. The van der Waals surface area contributed by atoms with Crippen LogP contribution in [0.1, 0.15) is 21.5 Å². The monoisotopic (exact) mass is 634 g/mol. The highest BCUT2D eigenvalue weighted by Gasteiger charge is 2.24. The minimum Gasteiger partial charge on any atom is -0.492 e. The van der Waals surface area contributed by atoms with E-state index in [2.05, 4.69) is 28.4 Å². The Labute approximate surface area is 271 Å². The maximum Gasteiger partial charge on any atom is 0.328 e. The summed E-state index contributed by atoms with van der Waals surface area (Å²) in [6, 6.07) is 37.6. The molecule has 0 aliphatic carbocycles. The number of benzene rings is 5. The first-order valence-electron chi connectivity index (χ1n) is 14.6. The molecule has 6 rings (SSSR count). The normalized spacial score (nSPS) is 12.4. The Bertz CT molecular complexity index is 1810. The van der Waals surface area contributed by atoms with Gasteiger partial charge in [0.15, 0.2) is 5.78 Å². The van der Waals surface area contributed by atoms with E-state index < -0.39 is 12.0 Å². The van der Waals surface area contributed by atoms with Gasteiger partial charge in [-0.1, -0.05) is 90.1 Å². The van der Waals surface area contributed by atoms with Gasteiger partial charge < -0.3 is 19.7 Å². The fraction of sp³-hybridized carbons (Fsp3) is 0.135. The van der Waals surface area contributed by atoms with Crippen LogP contribution in [0.25, 0.3) is 0 Å². The molecule has 1 atom stereocenters. The number of anilines is 3. The third kappa shape index (κ3) is 7.00. The molecular formula is C37H31ClN2O4S. The third-order valence-electron chi connectivity index (χ3n) is 7.56. The third-order valence-corrected chi connectivity index (χ3v) is 8.92. The summed E-state index contributed by atoms with van der Waals surface area (Å²) >= 11 is 8.10. The molecule has 1 aliphatic heterocycles. The molecule has 5 aromatic carbocycles. The second-order valence-electron chi connectivity index (χ2n) is 10.5. The molecule has 0 amide bonds. The molecular weight excluding hydrogens is 604 g/mol. The summed E-state index contributed by atoms with van der Waals surface area (Å²) in [6.45, 7) is 1.10. The summed E-state index contributed by atoms with van der Waals surface area (Å²) in [5.74, 6) is 0.186. The van der Waals surface area contributed by atoms with Gasteiger partial charge in [-0.3, -0.25) is 4.79 Å². The highest BCUT2D eigenvalue weighted by molar-refractivity contribution is 7.99. The van der Waals surface area contributed by atoms with Crippen molar-refractivity contribution in [2.45, 2.75) is 22.3 Å². The van der Waals surface area contributed by atoms with Crippen LogP contribution in [0.3, 0.4) is 0 Å². The standard InChI is InChI=1S/C37H31ClN2O4S/c1-43-37(42)31(39-30-12-6-5-11-29(30)36(41)26-9-3-2-4-10-26)23-25-15-18-28(19-16-25)44-22-21-40-32-13-7-8-14-34(32)45-35-20-17-27(38)24-33(35)40/h2-20,24,31,39H,21-23H2,1H3. The molecule has 0 spiro atoms. The van der Waals surface area contributed by atoms with Crippen LogP contribution >= 0.6 is 23.4 Å². The van der Waals surface area contributed by atoms with Crippen LogP contribution in [0.2, 0.25) is 5.02 Å². The predicted molar refractivity (Wildman–Crippen MR) is 180 cm³/mol. The van der Waals surface area contributed by atoms with E-state index in [1.807, 2.05) is 78.9 Å². The van der Waals surface area contributed by atoms with Crippen molar-refractivity contribution in [3.05, 3.63) is 143 Å². The molecule has 5 aromatic rings. The van der Waals surface area contributed by atoms with Gasteiger partial charge >= 0.3 is 5.97 Å². The lowest BCUT2D eigenvalue weighted by molar-refractivity contribution is -0.141. The number of hydrogen-bond acceptors (Lipinski definition) is 7. The lowest BCUT2D eigenvalue weighted by atomic mass is 10.00. The van der Waals surface area contributed by atoms with E-state index in [-0.39, 0.29) is 5.78 Å². The minimum absolute atomic E-state index is 0.123. The molecule has 1 N–H and O–H groups in total. The van der Waals surface area contributed by atoms with Gasteiger partial charge in [0, 0.05) is 38.0 Å². The van der Waals surface area contributed by atoms with E-state index in [4.69, 9.17) is 21.1 Å². The van der Waals surface area contributed by atoms with Crippen molar-refractivity contribution in [2.24, 2.45) is 0 Å². The quantitative estimate of drug-likeness (QED) is 0.115. The largest absolute Gasteiger partial charge is 0.492 e. The number of rotatable bonds is 11. The first kappa shape index (κ1) is 30.3. The first-order chi connectivity index (χ1) is 22.0. The number of fused-ring (bicyclic) bond motifs is 2. The van der Waals surface area contributed by atoms with E-state index >= 15 is 0 Å². The van der Waals surface area contributed by atoms with Crippen LogP contribution in [0.4, 0.5) is 17.1 Å². The van der Waals surface area contributed by atoms with Crippen molar-refractivity contribution in [2.75, 3.05) is 30.5 Å². The fourth-order valence-electron chi connectivity index (χ4n) is 5.33. The topological polar surface area (TPSA) is 67.9 Å². The molecule has 0 bridgehead atoms. The zero-order valence-electron chi connectivity index (χ0n) is 24.6. The molecule has 8 heteroatoms. The van der Waals surface area contributed by atoms with Gasteiger partial charge in [-0.15, -0.1) is 0 Å². The Balaban J connectivity index is 1.12. The molecule has 1 heterocycles. The van der Waals surface area contributed by atoms with Crippen LogP contribution in [-0.4, -0.2) is 38.1 Å². The van der Waals surface area contributed by atoms with Gasteiger partial charge in [0.05, 0.1) is 25.0 Å². The highest BCUT2D eigenvalue weighted by atomic mass is 35.5. The average molecular weight is 635 g/mol. The zero-order chi connectivity index (χ0) is 31.2. The van der Waals surface area contributed by atoms with Crippen LogP contribution < -0.4 is 15.0 Å². The Hall–Kier alpha value is -4.72. The number of ketones is 1. The van der Waals surface area contributed by atoms with E-state index in [9.17, 15) is 9.59 Å². The van der Waals surface area contributed by atoms with Crippen LogP contribution in [0.5, 0.6) is 5.75 Å². The molecule has 0 fully saturated rings. The minimum atomic E-state index is -0.699. The van der Waals surface area contributed by atoms with Crippen molar-refractivity contribution in [1.82, 2.24) is 0 Å². The lowest BCUT2D eigenvalue weighted by Crippen LogP contribution is -2.33. The van der Waals surface area contributed by atoms with E-state index in [0.29, 0.717) is 41.4 Å². The second kappa shape index (κ2) is 13.9. The summed E-state index contributed by atoms with van der Waals surface area (Å²) in [4.78, 5) is 30.6. The second-order valence-corrected chi connectivity index (χ2v) is 12.0. The summed E-state index contributed by atoms with van der Waals surface area (Å²) in [5, 5.41) is 3.96. The number of methoxy groups -OCH3 is 1. The van der Waals surface area contributed by atoms with Crippen molar-refractivity contribution in [3.63, 3.8) is 0 Å². The van der Waals surface area contributed by atoms with Gasteiger partial charge in [-0.2, -0.15) is 0 Å². The summed E-state index contributed by atoms with van der Waals surface area (Å²) in [6.07, 6.45) is 0.362. The summed E-state index contributed by atoms with van der Waals surface area (Å²) in [7, 11) is 1.36. The molecule has 1 unspecified atom stereocenters. The predicted octanol–water partition coefficient (Wildman–Crippen LogP) is 8.45. The molecule has 1 aliphatic rings. The van der Waals surface area contributed by atoms with Crippen molar-refractivity contribution in [1.29, 1.82) is 0 Å². The van der Waals surface area contributed by atoms with Gasteiger partial charge in [0.1, 0.15) is 18.4 Å². The van der Waals surface area contributed by atoms with Crippen LogP contribution in [-0.2, 0) is 16.0 Å². The Morgan fingerprint density at radius 2 is 1.53 bits per heavy atom. The number of hydrogen-bond donors (Lipinski definition) is 1. The molecule has 0 aromatic heterocycles. The number of para-hydroxylation sites is 2. The van der Waals surface area contributed by atoms with E-state index in [1.165, 1.54) is 12.0 Å². The summed E-state index contributed by atoms with van der Waals surface area (Å²) in [5.41, 5.74) is 4.75. The maximum absolute atomic E-state index is 13.2. The number of nitrogens with zero attached hydrogens (tertiary/aromatic N) is 1. The number of carbonyl (C=O) groups excluding carboxylic acids is 2. The van der Waals surface area contributed by atoms with Gasteiger partial charge in [0.2, 0.25) is 0 Å². The number of ether oxygens (including phenoxy) is 2. The van der Waals surface area contributed by atoms with Crippen LogP contribution in [0.15, 0.2) is 131 Å². The van der Waals surface area contributed by atoms with E-state index in [0.717, 1.165) is 27.6 Å². The maximum atomic E-state index is 13.2.